The van der Waals surface area contributed by atoms with Crippen LogP contribution in [0.15, 0.2) is 35.7 Å². The van der Waals surface area contributed by atoms with E-state index < -0.39 is 0 Å². The van der Waals surface area contributed by atoms with Crippen molar-refractivity contribution in [3.8, 4) is 0 Å². The van der Waals surface area contributed by atoms with Gasteiger partial charge in [0.05, 0.1) is 5.39 Å². The van der Waals surface area contributed by atoms with Crippen LogP contribution in [0.4, 0.5) is 17.5 Å². The highest BCUT2D eigenvalue weighted by Crippen LogP contribution is 2.31. The maximum absolute atomic E-state index is 5.45. The number of nitrogens with zero attached hydrogens (tertiary/aromatic N) is 2. The average molecular weight is 299 g/mol. The van der Waals surface area contributed by atoms with Crippen LogP contribution in [0.2, 0.25) is 0 Å². The van der Waals surface area contributed by atoms with Crippen LogP contribution in [-0.2, 0) is 0 Å². The summed E-state index contributed by atoms with van der Waals surface area (Å²) in [5.74, 6) is 7.06. The lowest BCUT2D eigenvalue weighted by Crippen LogP contribution is -2.11. The first-order valence-corrected chi connectivity index (χ1v) is 7.65. The van der Waals surface area contributed by atoms with Crippen LogP contribution in [0.25, 0.3) is 10.2 Å². The number of aromatic nitrogens is 2. The Morgan fingerprint density at radius 3 is 2.71 bits per heavy atom. The molecule has 21 heavy (non-hydrogen) atoms. The molecule has 2 aromatic heterocycles. The molecule has 0 atom stereocenters. The molecular formula is C15H17N5S. The van der Waals surface area contributed by atoms with Crippen molar-refractivity contribution in [1.82, 2.24) is 9.97 Å². The molecule has 0 aliphatic rings. The molecule has 0 spiro atoms. The van der Waals surface area contributed by atoms with Crippen LogP contribution in [-0.4, -0.2) is 9.97 Å². The van der Waals surface area contributed by atoms with Crippen LogP contribution in [0, 0.1) is 0 Å². The van der Waals surface area contributed by atoms with Crippen molar-refractivity contribution < 1.29 is 0 Å². The topological polar surface area (TPSA) is 75.9 Å². The van der Waals surface area contributed by atoms with Gasteiger partial charge in [-0.2, -0.15) is 4.98 Å². The smallest absolute Gasteiger partial charge is 0.240 e. The Morgan fingerprint density at radius 2 is 1.95 bits per heavy atom. The van der Waals surface area contributed by atoms with E-state index in [2.05, 4.69) is 46.7 Å². The lowest BCUT2D eigenvalue weighted by atomic mass is 10.0. The Morgan fingerprint density at radius 1 is 1.14 bits per heavy atom. The van der Waals surface area contributed by atoms with Crippen LogP contribution in [0.1, 0.15) is 25.3 Å². The number of thiophene rings is 1. The van der Waals surface area contributed by atoms with Gasteiger partial charge >= 0.3 is 0 Å². The fourth-order valence-electron chi connectivity index (χ4n) is 2.26. The predicted molar refractivity (Wildman–Crippen MR) is 89.0 cm³/mol. The first-order valence-electron chi connectivity index (χ1n) is 6.77. The third-order valence-corrected chi connectivity index (χ3v) is 4.10. The van der Waals surface area contributed by atoms with Gasteiger partial charge in [0.1, 0.15) is 10.6 Å². The van der Waals surface area contributed by atoms with Gasteiger partial charge in [-0.15, -0.1) is 11.3 Å². The van der Waals surface area contributed by atoms with Gasteiger partial charge in [0, 0.05) is 5.69 Å². The zero-order chi connectivity index (χ0) is 14.8. The molecule has 0 aliphatic heterocycles. The summed E-state index contributed by atoms with van der Waals surface area (Å²) in [6.07, 6.45) is 0. The van der Waals surface area contributed by atoms with E-state index in [1.807, 2.05) is 23.6 Å². The van der Waals surface area contributed by atoms with Gasteiger partial charge in [0.25, 0.3) is 0 Å². The van der Waals surface area contributed by atoms with Crippen LogP contribution >= 0.6 is 11.3 Å². The second kappa shape index (κ2) is 5.67. The van der Waals surface area contributed by atoms with E-state index in [0.29, 0.717) is 11.9 Å². The molecule has 2 heterocycles. The van der Waals surface area contributed by atoms with Gasteiger partial charge in [-0.05, 0) is 29.0 Å². The Labute approximate surface area is 127 Å². The lowest BCUT2D eigenvalue weighted by molar-refractivity contribution is 0.869. The van der Waals surface area contributed by atoms with Crippen molar-refractivity contribution in [3.63, 3.8) is 0 Å². The number of para-hydroxylation sites is 1. The average Bonchev–Trinajstić information content (AvgIpc) is 2.96. The molecule has 6 heteroatoms. The minimum atomic E-state index is 0.412. The Balaban J connectivity index is 2.07. The summed E-state index contributed by atoms with van der Waals surface area (Å²) in [7, 11) is 0. The van der Waals surface area contributed by atoms with Gasteiger partial charge < -0.3 is 5.32 Å². The van der Waals surface area contributed by atoms with E-state index in [9.17, 15) is 0 Å². The molecule has 0 bridgehead atoms. The zero-order valence-corrected chi connectivity index (χ0v) is 12.7. The molecule has 0 saturated carbocycles. The summed E-state index contributed by atoms with van der Waals surface area (Å²) in [6, 6.07) is 10.3. The van der Waals surface area contributed by atoms with Crippen molar-refractivity contribution >= 4 is 39.0 Å². The number of hydrogen-bond acceptors (Lipinski definition) is 6. The Bertz CT molecular complexity index is 766. The van der Waals surface area contributed by atoms with Crippen LogP contribution in [0.3, 0.4) is 0 Å². The molecule has 1 aromatic carbocycles. The highest BCUT2D eigenvalue weighted by molar-refractivity contribution is 7.16. The van der Waals surface area contributed by atoms with Gasteiger partial charge in [-0.25, -0.2) is 10.8 Å². The standard InChI is InChI=1S/C15H17N5S/c1-9(2)10-5-3-4-6-12(10)17-13-11-7-8-21-14(11)19-15(18-13)20-16/h3-9H,16H2,1-2H3,(H2,17,18,19,20). The molecule has 5 nitrogen and oxygen atoms in total. The first-order chi connectivity index (χ1) is 10.2. The van der Waals surface area contributed by atoms with E-state index in [4.69, 9.17) is 5.84 Å². The molecule has 3 aromatic rings. The monoisotopic (exact) mass is 299 g/mol. The Kier molecular flexibility index (Phi) is 3.72. The number of nitrogen functional groups attached to an aromatic ring is 1. The maximum Gasteiger partial charge on any atom is 0.240 e. The number of nitrogens with two attached hydrogens (primary N) is 1. The van der Waals surface area contributed by atoms with Crippen molar-refractivity contribution in [2.45, 2.75) is 19.8 Å². The minimum Gasteiger partial charge on any atom is -0.339 e. The highest BCUT2D eigenvalue weighted by Gasteiger charge is 2.11. The molecular weight excluding hydrogens is 282 g/mol. The summed E-state index contributed by atoms with van der Waals surface area (Å²) in [4.78, 5) is 9.69. The van der Waals surface area contributed by atoms with Gasteiger partial charge in [-0.3, -0.25) is 5.43 Å². The summed E-state index contributed by atoms with van der Waals surface area (Å²) < 4.78 is 0. The maximum atomic E-state index is 5.45. The lowest BCUT2D eigenvalue weighted by Gasteiger charge is -2.15. The van der Waals surface area contributed by atoms with E-state index in [1.165, 1.54) is 5.56 Å². The molecule has 0 saturated heterocycles. The fraction of sp³-hybridized carbons (Fsp3) is 0.200. The highest BCUT2D eigenvalue weighted by atomic mass is 32.1. The van der Waals surface area contributed by atoms with Crippen molar-refractivity contribution in [2.24, 2.45) is 5.84 Å². The number of hydrazine groups is 1. The summed E-state index contributed by atoms with van der Waals surface area (Å²) in [5, 5.41) is 6.41. The number of benzene rings is 1. The second-order valence-corrected chi connectivity index (χ2v) is 5.94. The number of rotatable bonds is 4. The first kappa shape index (κ1) is 13.8. The van der Waals surface area contributed by atoms with Crippen molar-refractivity contribution in [1.29, 1.82) is 0 Å². The summed E-state index contributed by atoms with van der Waals surface area (Å²) in [6.45, 7) is 4.35. The predicted octanol–water partition coefficient (Wildman–Crippen LogP) is 3.84. The molecule has 3 rings (SSSR count). The minimum absolute atomic E-state index is 0.412. The molecule has 0 radical (unpaired) electrons. The Hall–Kier alpha value is -2.18. The van der Waals surface area contributed by atoms with Crippen LogP contribution in [0.5, 0.6) is 0 Å². The van der Waals surface area contributed by atoms with Crippen molar-refractivity contribution in [3.05, 3.63) is 41.3 Å². The third-order valence-electron chi connectivity index (χ3n) is 3.29. The number of nitrogens with one attached hydrogen (secondary N) is 2. The summed E-state index contributed by atoms with van der Waals surface area (Å²) in [5.41, 5.74) is 4.83. The normalized spacial score (nSPS) is 11.0. The van der Waals surface area contributed by atoms with E-state index in [-0.39, 0.29) is 0 Å². The SMILES string of the molecule is CC(C)c1ccccc1Nc1nc(NN)nc2sccc12. The number of fused-ring (bicyclic) bond motifs is 1. The second-order valence-electron chi connectivity index (χ2n) is 5.05. The fourth-order valence-corrected chi connectivity index (χ4v) is 3.02. The number of anilines is 3. The van der Waals surface area contributed by atoms with Gasteiger partial charge in [-0.1, -0.05) is 32.0 Å². The zero-order valence-electron chi connectivity index (χ0n) is 11.9. The molecule has 0 fully saturated rings. The molecule has 0 unspecified atom stereocenters. The largest absolute Gasteiger partial charge is 0.339 e. The van der Waals surface area contributed by atoms with E-state index in [1.54, 1.807) is 11.3 Å². The van der Waals surface area contributed by atoms with Crippen molar-refractivity contribution in [2.75, 3.05) is 10.7 Å². The van der Waals surface area contributed by atoms with Crippen LogP contribution < -0.4 is 16.6 Å². The quantitative estimate of drug-likeness (QED) is 0.504. The molecule has 0 aliphatic carbocycles. The number of hydrogen-bond donors (Lipinski definition) is 3. The van der Waals surface area contributed by atoms with E-state index in [0.717, 1.165) is 21.7 Å². The summed E-state index contributed by atoms with van der Waals surface area (Å²) >= 11 is 1.57. The van der Waals surface area contributed by atoms with E-state index >= 15 is 0 Å². The molecule has 4 N–H and O–H groups in total. The van der Waals surface area contributed by atoms with Gasteiger partial charge in [0.15, 0.2) is 0 Å². The molecule has 108 valence electrons. The molecule has 0 amide bonds. The van der Waals surface area contributed by atoms with Gasteiger partial charge in [0.2, 0.25) is 5.95 Å². The third kappa shape index (κ3) is 2.68.